The van der Waals surface area contributed by atoms with Crippen LogP contribution in [-0.4, -0.2) is 21.9 Å². The summed E-state index contributed by atoms with van der Waals surface area (Å²) in [6, 6.07) is 58.1. The lowest BCUT2D eigenvalue weighted by atomic mass is 9.89. The summed E-state index contributed by atoms with van der Waals surface area (Å²) in [4.78, 5) is 36.5. The number of hydrogen-bond donors (Lipinski definition) is 0. The SMILES string of the molecule is O=Cc1ccccc1-c1cc(N=Cc2ccccc2)ccc1-c1cccc2oc3ccc(-c4ccc5nc(-c6ccccc6)n6c(=O)c7ccccc7c4c56)cc3c12. The molecule has 6 heteroatoms. The van der Waals surface area contributed by atoms with Crippen LogP contribution < -0.4 is 5.56 Å². The summed E-state index contributed by atoms with van der Waals surface area (Å²) in [5.41, 5.74) is 11.8. The minimum absolute atomic E-state index is 0.0914. The molecule has 0 aliphatic rings. The molecule has 0 amide bonds. The molecule has 0 bridgehead atoms. The topological polar surface area (TPSA) is 76.9 Å². The van der Waals surface area contributed by atoms with Crippen molar-refractivity contribution in [1.82, 2.24) is 9.38 Å². The molecule has 11 rings (SSSR count). The number of furan rings is 1. The highest BCUT2D eigenvalue weighted by molar-refractivity contribution is 6.20. The maximum absolute atomic E-state index is 14.2. The number of aldehydes is 1. The zero-order valence-electron chi connectivity index (χ0n) is 31.0. The Morgan fingerprint density at radius 2 is 1.28 bits per heavy atom. The minimum Gasteiger partial charge on any atom is -0.456 e. The first-order valence-electron chi connectivity index (χ1n) is 19.1. The van der Waals surface area contributed by atoms with Crippen LogP contribution in [0, 0.1) is 0 Å². The number of nitrogens with zero attached hydrogens (tertiary/aromatic N) is 3. The quantitative estimate of drug-likeness (QED) is 0.0924. The van der Waals surface area contributed by atoms with Gasteiger partial charge in [0.15, 0.2) is 6.29 Å². The number of carbonyl (C=O) groups excluding carboxylic acids is 1. The zero-order valence-corrected chi connectivity index (χ0v) is 31.0. The van der Waals surface area contributed by atoms with Crippen molar-refractivity contribution in [2.45, 2.75) is 0 Å². The van der Waals surface area contributed by atoms with Crippen LogP contribution in [0.2, 0.25) is 0 Å². The number of pyridine rings is 1. The Hall–Kier alpha value is -7.96. The van der Waals surface area contributed by atoms with Gasteiger partial charge in [-0.05, 0) is 86.8 Å². The molecule has 3 heterocycles. The third kappa shape index (κ3) is 5.27. The van der Waals surface area contributed by atoms with Crippen molar-refractivity contribution in [1.29, 1.82) is 0 Å². The van der Waals surface area contributed by atoms with Gasteiger partial charge < -0.3 is 4.42 Å². The summed E-state index contributed by atoms with van der Waals surface area (Å²) in [6.07, 6.45) is 2.76. The molecule has 0 saturated heterocycles. The second-order valence-electron chi connectivity index (χ2n) is 14.4. The number of benzene rings is 8. The number of imidazole rings is 1. The predicted molar refractivity (Wildman–Crippen MR) is 236 cm³/mol. The van der Waals surface area contributed by atoms with E-state index in [0.717, 1.165) is 100 Å². The Morgan fingerprint density at radius 1 is 0.534 bits per heavy atom. The van der Waals surface area contributed by atoms with E-state index in [2.05, 4.69) is 36.4 Å². The first-order valence-corrected chi connectivity index (χ1v) is 19.1. The lowest BCUT2D eigenvalue weighted by Crippen LogP contribution is -2.14. The Kier molecular flexibility index (Phi) is 7.69. The highest BCUT2D eigenvalue weighted by Crippen LogP contribution is 2.44. The van der Waals surface area contributed by atoms with Crippen molar-refractivity contribution in [3.63, 3.8) is 0 Å². The summed E-state index contributed by atoms with van der Waals surface area (Å²) in [5.74, 6) is 0.623. The van der Waals surface area contributed by atoms with Gasteiger partial charge in [-0.2, -0.15) is 0 Å². The molecule has 0 radical (unpaired) electrons. The fourth-order valence-electron chi connectivity index (χ4n) is 8.49. The molecule has 58 heavy (non-hydrogen) atoms. The summed E-state index contributed by atoms with van der Waals surface area (Å²) >= 11 is 0. The van der Waals surface area contributed by atoms with E-state index in [9.17, 15) is 9.59 Å². The summed E-state index contributed by atoms with van der Waals surface area (Å²) in [6.45, 7) is 0. The van der Waals surface area contributed by atoms with Crippen molar-refractivity contribution < 1.29 is 9.21 Å². The Balaban J connectivity index is 1.15. The van der Waals surface area contributed by atoms with Crippen molar-refractivity contribution in [3.05, 3.63) is 197 Å². The molecule has 0 fully saturated rings. The highest BCUT2D eigenvalue weighted by Gasteiger charge is 2.23. The molecule has 0 saturated carbocycles. The highest BCUT2D eigenvalue weighted by atomic mass is 16.3. The summed E-state index contributed by atoms with van der Waals surface area (Å²) in [7, 11) is 0. The normalized spacial score (nSPS) is 11.9. The van der Waals surface area contributed by atoms with Crippen LogP contribution in [0.5, 0.6) is 0 Å². The zero-order chi connectivity index (χ0) is 38.7. The fourth-order valence-corrected chi connectivity index (χ4v) is 8.49. The fraction of sp³-hybridized carbons (Fsp3) is 0. The van der Waals surface area contributed by atoms with E-state index in [4.69, 9.17) is 14.4 Å². The van der Waals surface area contributed by atoms with Crippen LogP contribution in [0.1, 0.15) is 15.9 Å². The smallest absolute Gasteiger partial charge is 0.264 e. The molecule has 6 nitrogen and oxygen atoms in total. The van der Waals surface area contributed by atoms with E-state index in [0.29, 0.717) is 16.8 Å². The van der Waals surface area contributed by atoms with Gasteiger partial charge in [-0.25, -0.2) is 4.98 Å². The molecule has 11 aromatic rings. The molecule has 3 aromatic heterocycles. The van der Waals surface area contributed by atoms with Gasteiger partial charge in [0, 0.05) is 38.9 Å². The molecule has 0 aliphatic heterocycles. The average molecular weight is 746 g/mol. The average Bonchev–Trinajstić information content (AvgIpc) is 3.87. The van der Waals surface area contributed by atoms with E-state index in [1.54, 1.807) is 4.40 Å². The predicted octanol–water partition coefficient (Wildman–Crippen LogP) is 12.6. The van der Waals surface area contributed by atoms with Crippen LogP contribution in [0.3, 0.4) is 0 Å². The molecular formula is C52H31N3O3. The van der Waals surface area contributed by atoms with Crippen LogP contribution in [0.25, 0.3) is 93.9 Å². The molecule has 0 unspecified atom stereocenters. The van der Waals surface area contributed by atoms with E-state index in [1.165, 1.54) is 0 Å². The third-order valence-corrected chi connectivity index (χ3v) is 11.1. The molecule has 0 atom stereocenters. The van der Waals surface area contributed by atoms with E-state index >= 15 is 0 Å². The largest absolute Gasteiger partial charge is 0.456 e. The maximum atomic E-state index is 14.2. The van der Waals surface area contributed by atoms with E-state index in [-0.39, 0.29) is 5.56 Å². The monoisotopic (exact) mass is 745 g/mol. The van der Waals surface area contributed by atoms with E-state index in [1.807, 2.05) is 146 Å². The summed E-state index contributed by atoms with van der Waals surface area (Å²) in [5, 5.41) is 4.40. The van der Waals surface area contributed by atoms with Gasteiger partial charge >= 0.3 is 0 Å². The summed E-state index contributed by atoms with van der Waals surface area (Å²) < 4.78 is 8.33. The number of rotatable bonds is 7. The second-order valence-corrected chi connectivity index (χ2v) is 14.4. The van der Waals surface area contributed by atoms with Crippen LogP contribution >= 0.6 is 0 Å². The van der Waals surface area contributed by atoms with Crippen molar-refractivity contribution >= 4 is 67.3 Å². The standard InChI is InChI=1S/C52H31N3O3/c56-31-35-16-7-8-17-37(35)43-29-36(53-30-32-12-3-1-4-13-32)23-24-39(43)40-20-11-21-47-48(40)44-28-34(22-27-46(44)58-47)38-25-26-45-50-49(38)41-18-9-10-19-42(41)52(57)55(50)51(54-45)33-14-5-2-6-15-33/h1-31H. The second kappa shape index (κ2) is 13.4. The lowest BCUT2D eigenvalue weighted by Gasteiger charge is -2.14. The van der Waals surface area contributed by atoms with Crippen LogP contribution in [-0.2, 0) is 0 Å². The van der Waals surface area contributed by atoms with Gasteiger partial charge in [0.1, 0.15) is 17.0 Å². The molecule has 0 spiro atoms. The van der Waals surface area contributed by atoms with Gasteiger partial charge in [-0.3, -0.25) is 19.0 Å². The maximum Gasteiger partial charge on any atom is 0.264 e. The van der Waals surface area contributed by atoms with Gasteiger partial charge in [0.2, 0.25) is 0 Å². The molecule has 0 aliphatic carbocycles. The van der Waals surface area contributed by atoms with Gasteiger partial charge in [0.25, 0.3) is 5.56 Å². The minimum atomic E-state index is -0.0914. The first-order chi connectivity index (χ1) is 28.6. The molecular weight excluding hydrogens is 715 g/mol. The van der Waals surface area contributed by atoms with Gasteiger partial charge in [-0.15, -0.1) is 0 Å². The molecule has 8 aromatic carbocycles. The van der Waals surface area contributed by atoms with Crippen molar-refractivity contribution in [3.8, 4) is 44.8 Å². The number of aliphatic imine (C=N–C) groups is 1. The van der Waals surface area contributed by atoms with Gasteiger partial charge in [0.05, 0.1) is 16.7 Å². The first kappa shape index (κ1) is 33.4. The number of fused-ring (bicyclic) bond motifs is 5. The molecule has 0 N–H and O–H groups in total. The van der Waals surface area contributed by atoms with Crippen LogP contribution in [0.4, 0.5) is 5.69 Å². The van der Waals surface area contributed by atoms with Gasteiger partial charge in [-0.1, -0.05) is 133 Å². The van der Waals surface area contributed by atoms with Crippen LogP contribution in [0.15, 0.2) is 190 Å². The third-order valence-electron chi connectivity index (χ3n) is 11.1. The van der Waals surface area contributed by atoms with E-state index < -0.39 is 0 Å². The number of carbonyl (C=O) groups is 1. The van der Waals surface area contributed by atoms with Crippen molar-refractivity contribution in [2.24, 2.45) is 4.99 Å². The van der Waals surface area contributed by atoms with Crippen molar-refractivity contribution in [2.75, 3.05) is 0 Å². The lowest BCUT2D eigenvalue weighted by molar-refractivity contribution is 0.112. The number of aromatic nitrogens is 2. The number of hydrogen-bond acceptors (Lipinski definition) is 5. The molecule has 272 valence electrons. The Bertz CT molecular complexity index is 3490. The Morgan fingerprint density at radius 3 is 2.12 bits per heavy atom. The Labute approximate surface area is 332 Å².